The van der Waals surface area contributed by atoms with E-state index in [9.17, 15) is 4.79 Å². The molecule has 1 saturated heterocycles. The van der Waals surface area contributed by atoms with Gasteiger partial charge in [0.1, 0.15) is 17.6 Å². The summed E-state index contributed by atoms with van der Waals surface area (Å²) in [6.45, 7) is 3.56. The quantitative estimate of drug-likeness (QED) is 0.829. The standard InChI is InChI=1S/C10H13NO3.ClH/c1-7-4-9(5-10(12)13-7)14-8-2-3-11-6-8;/h4-5,8,11H,2-3,6H2,1H3;1H. The SMILES string of the molecule is Cc1cc(OC2CCNC2)cc(=O)o1.Cl. The zero-order chi connectivity index (χ0) is 9.97. The fourth-order valence-electron chi connectivity index (χ4n) is 1.56. The van der Waals surface area contributed by atoms with Gasteiger partial charge in [0.05, 0.1) is 6.07 Å². The van der Waals surface area contributed by atoms with Crippen molar-refractivity contribution in [2.75, 3.05) is 13.1 Å². The summed E-state index contributed by atoms with van der Waals surface area (Å²) in [5.74, 6) is 1.19. The van der Waals surface area contributed by atoms with Crippen LogP contribution >= 0.6 is 12.4 Å². The average molecular weight is 232 g/mol. The lowest BCUT2D eigenvalue weighted by atomic mass is 10.3. The highest BCUT2D eigenvalue weighted by molar-refractivity contribution is 5.85. The third kappa shape index (κ3) is 3.25. The molecule has 1 atom stereocenters. The molecule has 84 valence electrons. The van der Waals surface area contributed by atoms with E-state index in [4.69, 9.17) is 9.15 Å². The molecule has 1 aliphatic rings. The lowest BCUT2D eigenvalue weighted by molar-refractivity contribution is 0.220. The van der Waals surface area contributed by atoms with Gasteiger partial charge in [0, 0.05) is 12.6 Å². The van der Waals surface area contributed by atoms with Gasteiger partial charge in [-0.3, -0.25) is 0 Å². The predicted molar refractivity (Wildman–Crippen MR) is 58.9 cm³/mol. The van der Waals surface area contributed by atoms with Crippen molar-refractivity contribution in [2.45, 2.75) is 19.4 Å². The molecule has 1 aromatic rings. The van der Waals surface area contributed by atoms with Gasteiger partial charge in [-0.2, -0.15) is 0 Å². The molecule has 2 rings (SSSR count). The fourth-order valence-corrected chi connectivity index (χ4v) is 1.56. The van der Waals surface area contributed by atoms with Crippen LogP contribution in [0.2, 0.25) is 0 Å². The van der Waals surface area contributed by atoms with Crippen LogP contribution < -0.4 is 15.7 Å². The molecule has 0 spiro atoms. The van der Waals surface area contributed by atoms with Crippen LogP contribution in [0, 0.1) is 6.92 Å². The van der Waals surface area contributed by atoms with Crippen LogP contribution in [0.25, 0.3) is 0 Å². The molecule has 0 bridgehead atoms. The van der Waals surface area contributed by atoms with E-state index < -0.39 is 0 Å². The Morgan fingerprint density at radius 3 is 2.93 bits per heavy atom. The van der Waals surface area contributed by atoms with Gasteiger partial charge in [-0.05, 0) is 19.9 Å². The molecule has 1 aliphatic heterocycles. The van der Waals surface area contributed by atoms with E-state index in [2.05, 4.69) is 5.32 Å². The van der Waals surface area contributed by atoms with Crippen molar-refractivity contribution >= 4 is 12.4 Å². The lowest BCUT2D eigenvalue weighted by Gasteiger charge is -2.11. The second-order valence-electron chi connectivity index (χ2n) is 3.46. The number of ether oxygens (including phenoxy) is 1. The van der Waals surface area contributed by atoms with Crippen molar-refractivity contribution in [2.24, 2.45) is 0 Å². The van der Waals surface area contributed by atoms with Gasteiger partial charge in [0.15, 0.2) is 0 Å². The van der Waals surface area contributed by atoms with Crippen LogP contribution in [0.1, 0.15) is 12.2 Å². The van der Waals surface area contributed by atoms with Gasteiger partial charge in [-0.25, -0.2) is 4.79 Å². The van der Waals surface area contributed by atoms with Crippen molar-refractivity contribution in [3.05, 3.63) is 28.3 Å². The van der Waals surface area contributed by atoms with Crippen molar-refractivity contribution in [1.82, 2.24) is 5.32 Å². The molecule has 0 aliphatic carbocycles. The van der Waals surface area contributed by atoms with Crippen LogP contribution in [-0.4, -0.2) is 19.2 Å². The van der Waals surface area contributed by atoms with E-state index in [1.54, 1.807) is 13.0 Å². The first-order chi connectivity index (χ1) is 6.74. The van der Waals surface area contributed by atoms with Gasteiger partial charge in [-0.15, -0.1) is 12.4 Å². The summed E-state index contributed by atoms with van der Waals surface area (Å²) in [6.07, 6.45) is 1.16. The monoisotopic (exact) mass is 231 g/mol. The third-order valence-corrected chi connectivity index (χ3v) is 2.19. The molecule has 1 fully saturated rings. The Hall–Kier alpha value is -1.00. The summed E-state index contributed by atoms with van der Waals surface area (Å²) < 4.78 is 10.4. The number of hydrogen-bond acceptors (Lipinski definition) is 4. The number of rotatable bonds is 2. The zero-order valence-electron chi connectivity index (χ0n) is 8.49. The molecular weight excluding hydrogens is 218 g/mol. The highest BCUT2D eigenvalue weighted by atomic mass is 35.5. The highest BCUT2D eigenvalue weighted by Crippen LogP contribution is 2.14. The van der Waals surface area contributed by atoms with Crippen LogP contribution in [0.4, 0.5) is 0 Å². The normalized spacial score (nSPS) is 19.7. The Balaban J connectivity index is 0.00000112. The minimum Gasteiger partial charge on any atom is -0.489 e. The Morgan fingerprint density at radius 2 is 2.33 bits per heavy atom. The van der Waals surface area contributed by atoms with Crippen LogP contribution in [0.3, 0.4) is 0 Å². The maximum atomic E-state index is 11.0. The van der Waals surface area contributed by atoms with Crippen LogP contribution in [-0.2, 0) is 0 Å². The summed E-state index contributed by atoms with van der Waals surface area (Å²) in [5, 5.41) is 3.20. The zero-order valence-corrected chi connectivity index (χ0v) is 9.30. The summed E-state index contributed by atoms with van der Waals surface area (Å²) in [4.78, 5) is 11.0. The van der Waals surface area contributed by atoms with Crippen molar-refractivity contribution < 1.29 is 9.15 Å². The lowest BCUT2D eigenvalue weighted by Crippen LogP contribution is -2.20. The second-order valence-corrected chi connectivity index (χ2v) is 3.46. The number of nitrogens with one attached hydrogen (secondary N) is 1. The molecule has 5 heteroatoms. The van der Waals surface area contributed by atoms with Crippen LogP contribution in [0.5, 0.6) is 5.75 Å². The molecule has 1 aromatic heterocycles. The van der Waals surface area contributed by atoms with Gasteiger partial charge >= 0.3 is 5.63 Å². The maximum Gasteiger partial charge on any atom is 0.339 e. The van der Waals surface area contributed by atoms with Gasteiger partial charge in [0.25, 0.3) is 0 Å². The van der Waals surface area contributed by atoms with E-state index >= 15 is 0 Å². The van der Waals surface area contributed by atoms with E-state index in [0.29, 0.717) is 11.5 Å². The third-order valence-electron chi connectivity index (χ3n) is 2.19. The molecular formula is C10H14ClNO3. The van der Waals surface area contributed by atoms with Crippen LogP contribution in [0.15, 0.2) is 21.3 Å². The molecule has 2 heterocycles. The predicted octanol–water partition coefficient (Wildman–Crippen LogP) is 1.11. The Labute approximate surface area is 94.0 Å². The van der Waals surface area contributed by atoms with Crippen molar-refractivity contribution in [3.8, 4) is 5.75 Å². The molecule has 4 nitrogen and oxygen atoms in total. The molecule has 0 saturated carbocycles. The Bertz CT molecular complexity index is 371. The smallest absolute Gasteiger partial charge is 0.339 e. The van der Waals surface area contributed by atoms with E-state index in [1.165, 1.54) is 6.07 Å². The number of halogens is 1. The Kier molecular flexibility index (Phi) is 4.17. The summed E-state index contributed by atoms with van der Waals surface area (Å²) >= 11 is 0. The average Bonchev–Trinajstić information content (AvgIpc) is 2.54. The first-order valence-corrected chi connectivity index (χ1v) is 4.73. The molecule has 1 unspecified atom stereocenters. The molecule has 15 heavy (non-hydrogen) atoms. The van der Waals surface area contributed by atoms with E-state index in [-0.39, 0.29) is 24.1 Å². The van der Waals surface area contributed by atoms with E-state index in [0.717, 1.165) is 19.5 Å². The minimum absolute atomic E-state index is 0. The van der Waals surface area contributed by atoms with Gasteiger partial charge in [0.2, 0.25) is 0 Å². The van der Waals surface area contributed by atoms with Gasteiger partial charge < -0.3 is 14.5 Å². The summed E-state index contributed by atoms with van der Waals surface area (Å²) in [6, 6.07) is 3.12. The minimum atomic E-state index is -0.356. The first-order valence-electron chi connectivity index (χ1n) is 4.73. The summed E-state index contributed by atoms with van der Waals surface area (Å²) in [5.41, 5.74) is -0.356. The van der Waals surface area contributed by atoms with E-state index in [1.807, 2.05) is 0 Å². The largest absolute Gasteiger partial charge is 0.489 e. The molecule has 0 amide bonds. The molecule has 1 N–H and O–H groups in total. The number of aryl methyl sites for hydroxylation is 1. The Morgan fingerprint density at radius 1 is 1.53 bits per heavy atom. The van der Waals surface area contributed by atoms with Crippen molar-refractivity contribution in [1.29, 1.82) is 0 Å². The number of hydrogen-bond donors (Lipinski definition) is 1. The topological polar surface area (TPSA) is 51.5 Å². The fraction of sp³-hybridized carbons (Fsp3) is 0.500. The maximum absolute atomic E-state index is 11.0. The summed E-state index contributed by atoms with van der Waals surface area (Å²) in [7, 11) is 0. The second kappa shape index (κ2) is 5.19. The molecule has 0 aromatic carbocycles. The van der Waals surface area contributed by atoms with Gasteiger partial charge in [-0.1, -0.05) is 0 Å². The van der Waals surface area contributed by atoms with Crippen molar-refractivity contribution in [3.63, 3.8) is 0 Å². The molecule has 0 radical (unpaired) electrons. The first kappa shape index (κ1) is 12.1. The highest BCUT2D eigenvalue weighted by Gasteiger charge is 2.16.